The summed E-state index contributed by atoms with van der Waals surface area (Å²) in [5, 5.41) is 3.75. The molecular formula is C16H18ClFN2. The Labute approximate surface area is 124 Å². The molecule has 20 heavy (non-hydrogen) atoms. The fourth-order valence-electron chi connectivity index (χ4n) is 2.16. The van der Waals surface area contributed by atoms with Gasteiger partial charge in [0.1, 0.15) is 5.82 Å². The maximum atomic E-state index is 13.6. The van der Waals surface area contributed by atoms with Gasteiger partial charge in [-0.25, -0.2) is 4.39 Å². The number of hydrogen-bond donors (Lipinski definition) is 1. The monoisotopic (exact) mass is 292 g/mol. The molecule has 0 atom stereocenters. The minimum absolute atomic E-state index is 0.217. The molecule has 106 valence electrons. The van der Waals surface area contributed by atoms with Gasteiger partial charge in [0.05, 0.1) is 0 Å². The lowest BCUT2D eigenvalue weighted by Crippen LogP contribution is -2.17. The summed E-state index contributed by atoms with van der Waals surface area (Å²) in [7, 11) is 3.79. The van der Waals surface area contributed by atoms with E-state index in [0.717, 1.165) is 16.8 Å². The molecule has 0 aromatic heterocycles. The van der Waals surface area contributed by atoms with Gasteiger partial charge >= 0.3 is 0 Å². The van der Waals surface area contributed by atoms with Crippen molar-refractivity contribution in [3.05, 3.63) is 64.4 Å². The number of nitrogens with zero attached hydrogens (tertiary/aromatic N) is 1. The van der Waals surface area contributed by atoms with E-state index >= 15 is 0 Å². The van der Waals surface area contributed by atoms with Crippen molar-refractivity contribution >= 4 is 17.3 Å². The molecule has 4 heteroatoms. The Hall–Kier alpha value is -1.58. The highest BCUT2D eigenvalue weighted by Gasteiger charge is 2.06. The van der Waals surface area contributed by atoms with Crippen LogP contribution in [0.3, 0.4) is 0 Å². The third-order valence-corrected chi connectivity index (χ3v) is 3.31. The molecule has 0 fully saturated rings. The van der Waals surface area contributed by atoms with Crippen LogP contribution in [-0.2, 0) is 13.1 Å². The molecular weight excluding hydrogens is 275 g/mol. The van der Waals surface area contributed by atoms with Gasteiger partial charge in [-0.05, 0) is 48.5 Å². The van der Waals surface area contributed by atoms with Crippen molar-refractivity contribution in [2.45, 2.75) is 13.1 Å². The van der Waals surface area contributed by atoms with E-state index in [2.05, 4.69) is 5.32 Å². The zero-order chi connectivity index (χ0) is 14.5. The van der Waals surface area contributed by atoms with E-state index in [4.69, 9.17) is 11.6 Å². The molecule has 0 heterocycles. The molecule has 0 saturated heterocycles. The smallest absolute Gasteiger partial charge is 0.125 e. The van der Waals surface area contributed by atoms with Crippen LogP contribution in [0.15, 0.2) is 42.5 Å². The average Bonchev–Trinajstić information content (AvgIpc) is 2.38. The van der Waals surface area contributed by atoms with Crippen LogP contribution in [-0.4, -0.2) is 14.1 Å². The largest absolute Gasteiger partial charge is 0.370 e. The van der Waals surface area contributed by atoms with Crippen LogP contribution in [0.1, 0.15) is 11.1 Å². The molecule has 0 saturated carbocycles. The lowest BCUT2D eigenvalue weighted by atomic mass is 10.1. The van der Waals surface area contributed by atoms with Gasteiger partial charge in [0.25, 0.3) is 0 Å². The fourth-order valence-corrected chi connectivity index (χ4v) is 2.37. The molecule has 2 nitrogen and oxygen atoms in total. The minimum Gasteiger partial charge on any atom is -0.370 e. The highest BCUT2D eigenvalue weighted by atomic mass is 35.5. The number of rotatable bonds is 5. The van der Waals surface area contributed by atoms with E-state index in [9.17, 15) is 4.39 Å². The van der Waals surface area contributed by atoms with Crippen molar-refractivity contribution in [1.82, 2.24) is 5.32 Å². The van der Waals surface area contributed by atoms with E-state index in [0.29, 0.717) is 18.1 Å². The van der Waals surface area contributed by atoms with Gasteiger partial charge in [-0.2, -0.15) is 0 Å². The Balaban J connectivity index is 2.18. The van der Waals surface area contributed by atoms with Crippen molar-refractivity contribution in [1.29, 1.82) is 0 Å². The van der Waals surface area contributed by atoms with E-state index in [-0.39, 0.29) is 5.82 Å². The Bertz CT molecular complexity index is 586. The van der Waals surface area contributed by atoms with Crippen molar-refractivity contribution < 1.29 is 4.39 Å². The van der Waals surface area contributed by atoms with Crippen LogP contribution in [0.4, 0.5) is 10.1 Å². The second-order valence-electron chi connectivity index (χ2n) is 4.83. The fraction of sp³-hybridized carbons (Fsp3) is 0.250. The van der Waals surface area contributed by atoms with Gasteiger partial charge < -0.3 is 10.2 Å². The van der Waals surface area contributed by atoms with Crippen LogP contribution >= 0.6 is 11.6 Å². The summed E-state index contributed by atoms with van der Waals surface area (Å²) < 4.78 is 13.6. The molecule has 0 amide bonds. The van der Waals surface area contributed by atoms with Gasteiger partial charge in [0.15, 0.2) is 0 Å². The number of benzene rings is 2. The summed E-state index contributed by atoms with van der Waals surface area (Å²) in [5.41, 5.74) is 2.88. The molecule has 0 aliphatic heterocycles. The van der Waals surface area contributed by atoms with Gasteiger partial charge in [-0.15, -0.1) is 0 Å². The zero-order valence-corrected chi connectivity index (χ0v) is 12.4. The van der Waals surface area contributed by atoms with Gasteiger partial charge in [-0.1, -0.05) is 23.7 Å². The Morgan fingerprint density at radius 1 is 1.15 bits per heavy atom. The molecule has 0 aliphatic rings. The van der Waals surface area contributed by atoms with Crippen LogP contribution in [0.2, 0.25) is 5.02 Å². The Morgan fingerprint density at radius 3 is 2.65 bits per heavy atom. The molecule has 2 rings (SSSR count). The topological polar surface area (TPSA) is 15.3 Å². The number of halogens is 2. The third-order valence-electron chi connectivity index (χ3n) is 3.07. The van der Waals surface area contributed by atoms with Crippen LogP contribution in [0.25, 0.3) is 0 Å². The summed E-state index contributed by atoms with van der Waals surface area (Å²) in [5.74, 6) is -0.217. The summed E-state index contributed by atoms with van der Waals surface area (Å²) >= 11 is 5.98. The standard InChI is InChI=1S/C16H18ClFN2/c1-19-10-13-7-15(18)9-16(8-13)20(2)11-12-4-3-5-14(17)6-12/h3-9,19H,10-11H2,1-2H3. The average molecular weight is 293 g/mol. The van der Waals surface area contributed by atoms with E-state index in [1.54, 1.807) is 12.1 Å². The first-order chi connectivity index (χ1) is 9.58. The maximum Gasteiger partial charge on any atom is 0.125 e. The Morgan fingerprint density at radius 2 is 1.95 bits per heavy atom. The molecule has 0 spiro atoms. The van der Waals surface area contributed by atoms with Crippen molar-refractivity contribution in [2.75, 3.05) is 19.0 Å². The number of hydrogen-bond acceptors (Lipinski definition) is 2. The van der Waals surface area contributed by atoms with Gasteiger partial charge in [-0.3, -0.25) is 0 Å². The first-order valence-corrected chi connectivity index (χ1v) is 6.86. The summed E-state index contributed by atoms with van der Waals surface area (Å²) in [6, 6.07) is 12.8. The van der Waals surface area contributed by atoms with Gasteiger partial charge in [0.2, 0.25) is 0 Å². The highest BCUT2D eigenvalue weighted by molar-refractivity contribution is 6.30. The highest BCUT2D eigenvalue weighted by Crippen LogP contribution is 2.20. The summed E-state index contributed by atoms with van der Waals surface area (Å²) in [6.45, 7) is 1.33. The first-order valence-electron chi connectivity index (χ1n) is 6.48. The zero-order valence-electron chi connectivity index (χ0n) is 11.7. The molecule has 1 N–H and O–H groups in total. The van der Waals surface area contributed by atoms with Crippen LogP contribution < -0.4 is 10.2 Å². The van der Waals surface area contributed by atoms with Crippen molar-refractivity contribution in [2.24, 2.45) is 0 Å². The molecule has 2 aromatic rings. The third kappa shape index (κ3) is 3.95. The number of nitrogens with one attached hydrogen (secondary N) is 1. The van der Waals surface area contributed by atoms with E-state index in [1.165, 1.54) is 0 Å². The lowest BCUT2D eigenvalue weighted by molar-refractivity contribution is 0.623. The minimum atomic E-state index is -0.217. The SMILES string of the molecule is CNCc1cc(F)cc(N(C)Cc2cccc(Cl)c2)c1. The molecule has 2 aromatic carbocycles. The predicted molar refractivity (Wildman–Crippen MR) is 82.7 cm³/mol. The summed E-state index contributed by atoms with van der Waals surface area (Å²) in [4.78, 5) is 2.01. The lowest BCUT2D eigenvalue weighted by Gasteiger charge is -2.20. The second kappa shape index (κ2) is 6.73. The Kier molecular flexibility index (Phi) is 4.99. The molecule has 0 unspecified atom stereocenters. The van der Waals surface area contributed by atoms with E-state index < -0.39 is 0 Å². The quantitative estimate of drug-likeness (QED) is 0.901. The van der Waals surface area contributed by atoms with E-state index in [1.807, 2.05) is 49.3 Å². The second-order valence-corrected chi connectivity index (χ2v) is 5.27. The normalized spacial score (nSPS) is 10.6. The number of anilines is 1. The molecule has 0 radical (unpaired) electrons. The van der Waals surface area contributed by atoms with Crippen molar-refractivity contribution in [3.8, 4) is 0 Å². The van der Waals surface area contributed by atoms with Crippen LogP contribution in [0.5, 0.6) is 0 Å². The van der Waals surface area contributed by atoms with Crippen LogP contribution in [0, 0.1) is 5.82 Å². The summed E-state index contributed by atoms with van der Waals surface area (Å²) in [6.07, 6.45) is 0. The molecule has 0 aliphatic carbocycles. The first kappa shape index (κ1) is 14.8. The maximum absolute atomic E-state index is 13.6. The van der Waals surface area contributed by atoms with Crippen molar-refractivity contribution in [3.63, 3.8) is 0 Å². The van der Waals surface area contributed by atoms with Gasteiger partial charge in [0, 0.05) is 30.8 Å². The molecule has 0 bridgehead atoms. The predicted octanol–water partition coefficient (Wildman–Crippen LogP) is 3.83.